The first-order valence-corrected chi connectivity index (χ1v) is 10.3. The number of pyridine rings is 1. The summed E-state index contributed by atoms with van der Waals surface area (Å²) >= 11 is 1.44. The highest BCUT2D eigenvalue weighted by atomic mass is 32.1. The summed E-state index contributed by atoms with van der Waals surface area (Å²) in [7, 11) is 0. The van der Waals surface area contributed by atoms with Gasteiger partial charge in [-0.25, -0.2) is 19.6 Å². The minimum Gasteiger partial charge on any atom is -0.298 e. The van der Waals surface area contributed by atoms with E-state index in [0.717, 1.165) is 21.7 Å². The fraction of sp³-hybridized carbons (Fsp3) is 0. The molecule has 3 heterocycles. The molecule has 1 amide bonds. The molecular weight excluding hydrogens is 408 g/mol. The molecular formula is C23H16N6OS. The van der Waals surface area contributed by atoms with E-state index in [9.17, 15) is 4.79 Å². The molecule has 150 valence electrons. The minimum absolute atomic E-state index is 0.313. The van der Waals surface area contributed by atoms with Crippen LogP contribution in [0, 0.1) is 0 Å². The Morgan fingerprint density at radius 3 is 2.35 bits per heavy atom. The van der Waals surface area contributed by atoms with Crippen LogP contribution in [0.1, 0.15) is 10.4 Å². The highest BCUT2D eigenvalue weighted by Crippen LogP contribution is 2.39. The maximum Gasteiger partial charge on any atom is 0.261 e. The molecule has 0 aliphatic heterocycles. The van der Waals surface area contributed by atoms with E-state index < -0.39 is 0 Å². The van der Waals surface area contributed by atoms with Crippen molar-refractivity contribution in [2.45, 2.75) is 0 Å². The van der Waals surface area contributed by atoms with Crippen molar-refractivity contribution in [3.63, 3.8) is 0 Å². The number of rotatable bonds is 5. The summed E-state index contributed by atoms with van der Waals surface area (Å²) in [6, 6.07) is 23.4. The van der Waals surface area contributed by atoms with E-state index in [2.05, 4.69) is 20.4 Å². The molecule has 31 heavy (non-hydrogen) atoms. The summed E-state index contributed by atoms with van der Waals surface area (Å²) in [5.41, 5.74) is 3.24. The lowest BCUT2D eigenvalue weighted by Gasteiger charge is -2.07. The molecule has 0 bridgehead atoms. The molecule has 0 fully saturated rings. The summed E-state index contributed by atoms with van der Waals surface area (Å²) in [5.74, 6) is 0.0900. The lowest BCUT2D eigenvalue weighted by molar-refractivity contribution is 0.102. The molecule has 0 aliphatic rings. The molecule has 3 aromatic heterocycles. The molecule has 5 aromatic rings. The van der Waals surface area contributed by atoms with Crippen LogP contribution in [0.2, 0.25) is 0 Å². The Hall–Kier alpha value is -4.17. The number of anilines is 1. The number of amides is 1. The van der Waals surface area contributed by atoms with Gasteiger partial charge in [-0.05, 0) is 17.7 Å². The molecule has 2 aromatic carbocycles. The average molecular weight is 424 g/mol. The Bertz CT molecular complexity index is 1260. The van der Waals surface area contributed by atoms with Crippen LogP contribution in [-0.2, 0) is 0 Å². The van der Waals surface area contributed by atoms with Gasteiger partial charge < -0.3 is 0 Å². The predicted molar refractivity (Wildman–Crippen MR) is 120 cm³/mol. The molecule has 8 heteroatoms. The zero-order valence-electron chi connectivity index (χ0n) is 16.2. The van der Waals surface area contributed by atoms with E-state index in [1.807, 2.05) is 60.7 Å². The number of benzene rings is 2. The summed E-state index contributed by atoms with van der Waals surface area (Å²) < 4.78 is 1.46. The SMILES string of the molecule is O=C(Nc1nc(-c2ccccc2)c(-c2ccccc2)s1)c1cccnc1-n1cncn1. The largest absolute Gasteiger partial charge is 0.298 e. The Labute approximate surface area is 182 Å². The van der Waals surface area contributed by atoms with Crippen LogP contribution in [0.4, 0.5) is 5.13 Å². The van der Waals surface area contributed by atoms with Gasteiger partial charge in [0.1, 0.15) is 12.7 Å². The highest BCUT2D eigenvalue weighted by Gasteiger charge is 2.19. The van der Waals surface area contributed by atoms with E-state index >= 15 is 0 Å². The number of thiazole rings is 1. The van der Waals surface area contributed by atoms with Crippen molar-refractivity contribution < 1.29 is 4.79 Å². The van der Waals surface area contributed by atoms with Crippen LogP contribution in [0.25, 0.3) is 27.5 Å². The lowest BCUT2D eigenvalue weighted by Crippen LogP contribution is -2.16. The number of hydrogen-bond donors (Lipinski definition) is 1. The molecule has 1 N–H and O–H groups in total. The second-order valence-electron chi connectivity index (χ2n) is 6.60. The Balaban J connectivity index is 1.52. The Morgan fingerprint density at radius 2 is 1.65 bits per heavy atom. The second-order valence-corrected chi connectivity index (χ2v) is 7.60. The normalized spacial score (nSPS) is 10.7. The number of nitrogens with zero attached hydrogens (tertiary/aromatic N) is 5. The third-order valence-electron chi connectivity index (χ3n) is 4.60. The van der Waals surface area contributed by atoms with Crippen molar-refractivity contribution in [3.8, 4) is 27.5 Å². The Morgan fingerprint density at radius 1 is 0.903 bits per heavy atom. The number of hydrogen-bond acceptors (Lipinski definition) is 6. The molecule has 0 saturated carbocycles. The summed E-state index contributed by atoms with van der Waals surface area (Å²) in [6.45, 7) is 0. The number of aromatic nitrogens is 5. The van der Waals surface area contributed by atoms with Crippen LogP contribution in [0.15, 0.2) is 91.6 Å². The Kier molecular flexibility index (Phi) is 5.04. The monoisotopic (exact) mass is 424 g/mol. The second kappa shape index (κ2) is 8.29. The standard InChI is InChI=1S/C23H16N6OS/c30-22(18-12-7-13-25-21(18)29-15-24-14-26-29)28-23-27-19(16-8-3-1-4-9-16)20(31-23)17-10-5-2-6-11-17/h1-15H,(H,27,28,30). The van der Waals surface area contributed by atoms with E-state index in [4.69, 9.17) is 4.98 Å². The van der Waals surface area contributed by atoms with Crippen molar-refractivity contribution in [1.82, 2.24) is 24.7 Å². The molecule has 0 atom stereocenters. The minimum atomic E-state index is -0.313. The fourth-order valence-electron chi connectivity index (χ4n) is 3.19. The predicted octanol–water partition coefficient (Wildman–Crippen LogP) is 4.71. The molecule has 7 nitrogen and oxygen atoms in total. The average Bonchev–Trinajstić information content (AvgIpc) is 3.51. The van der Waals surface area contributed by atoms with Crippen molar-refractivity contribution in [1.29, 1.82) is 0 Å². The smallest absolute Gasteiger partial charge is 0.261 e. The third-order valence-corrected chi connectivity index (χ3v) is 5.62. The summed E-state index contributed by atoms with van der Waals surface area (Å²) in [5, 5.41) is 7.52. The van der Waals surface area contributed by atoms with Gasteiger partial charge in [0, 0.05) is 11.8 Å². The topological polar surface area (TPSA) is 85.6 Å². The highest BCUT2D eigenvalue weighted by molar-refractivity contribution is 7.19. The van der Waals surface area contributed by atoms with E-state index in [0.29, 0.717) is 16.5 Å². The molecule has 0 saturated heterocycles. The molecule has 0 unspecified atom stereocenters. The van der Waals surface area contributed by atoms with Gasteiger partial charge in [0.2, 0.25) is 0 Å². The van der Waals surface area contributed by atoms with Gasteiger partial charge in [0.15, 0.2) is 10.9 Å². The lowest BCUT2D eigenvalue weighted by atomic mass is 10.1. The van der Waals surface area contributed by atoms with Crippen LogP contribution >= 0.6 is 11.3 Å². The zero-order valence-corrected chi connectivity index (χ0v) is 17.0. The summed E-state index contributed by atoms with van der Waals surface area (Å²) in [6.07, 6.45) is 4.51. The van der Waals surface area contributed by atoms with Gasteiger partial charge in [-0.15, -0.1) is 0 Å². The van der Waals surface area contributed by atoms with Crippen LogP contribution in [0.5, 0.6) is 0 Å². The number of carbonyl (C=O) groups is 1. The van der Waals surface area contributed by atoms with E-state index in [-0.39, 0.29) is 5.91 Å². The van der Waals surface area contributed by atoms with Gasteiger partial charge in [-0.1, -0.05) is 72.0 Å². The van der Waals surface area contributed by atoms with Gasteiger partial charge in [-0.3, -0.25) is 10.1 Å². The van der Waals surface area contributed by atoms with Crippen molar-refractivity contribution in [3.05, 3.63) is 97.2 Å². The van der Waals surface area contributed by atoms with Crippen molar-refractivity contribution in [2.24, 2.45) is 0 Å². The number of carbonyl (C=O) groups excluding carboxylic acids is 1. The van der Waals surface area contributed by atoms with Crippen molar-refractivity contribution >= 4 is 22.4 Å². The van der Waals surface area contributed by atoms with Crippen LogP contribution in [-0.4, -0.2) is 30.6 Å². The maximum absolute atomic E-state index is 13.1. The molecule has 0 aliphatic carbocycles. The summed E-state index contributed by atoms with van der Waals surface area (Å²) in [4.78, 5) is 27.0. The number of nitrogens with one attached hydrogen (secondary N) is 1. The van der Waals surface area contributed by atoms with Gasteiger partial charge >= 0.3 is 0 Å². The fourth-order valence-corrected chi connectivity index (χ4v) is 4.18. The first-order valence-electron chi connectivity index (χ1n) is 9.52. The van der Waals surface area contributed by atoms with Crippen LogP contribution in [0.3, 0.4) is 0 Å². The quantitative estimate of drug-likeness (QED) is 0.442. The molecule has 0 radical (unpaired) electrons. The van der Waals surface area contributed by atoms with E-state index in [1.165, 1.54) is 28.7 Å². The first-order chi connectivity index (χ1) is 15.3. The maximum atomic E-state index is 13.1. The molecule has 5 rings (SSSR count). The van der Waals surface area contributed by atoms with Gasteiger partial charge in [0.25, 0.3) is 5.91 Å². The van der Waals surface area contributed by atoms with E-state index in [1.54, 1.807) is 18.3 Å². The zero-order chi connectivity index (χ0) is 21.0. The van der Waals surface area contributed by atoms with Crippen LogP contribution < -0.4 is 5.32 Å². The molecule has 0 spiro atoms. The van der Waals surface area contributed by atoms with Gasteiger partial charge in [0.05, 0.1) is 16.1 Å². The van der Waals surface area contributed by atoms with Crippen molar-refractivity contribution in [2.75, 3.05) is 5.32 Å². The van der Waals surface area contributed by atoms with Gasteiger partial charge in [-0.2, -0.15) is 5.10 Å². The first kappa shape index (κ1) is 18.8. The third kappa shape index (κ3) is 3.84.